The van der Waals surface area contributed by atoms with Gasteiger partial charge in [-0.05, 0) is 54.0 Å². The standard InChI is InChI=1S/C25H25N3O2/c1-30-23-10-9-16-15-22(18-5-4-6-19(23)24(16)18)27-13-11-17(12-14-27)28-21-8-3-2-7-20(21)26-25(28)29/h2-10,17,22H,11-15H2,1H3,(H,26,29). The maximum atomic E-state index is 12.6. The molecule has 1 aliphatic carbocycles. The molecule has 2 heterocycles. The van der Waals surface area contributed by atoms with Crippen molar-refractivity contribution < 1.29 is 4.74 Å². The van der Waals surface area contributed by atoms with Crippen molar-refractivity contribution in [3.8, 4) is 5.75 Å². The summed E-state index contributed by atoms with van der Waals surface area (Å²) >= 11 is 0. The van der Waals surface area contributed by atoms with Gasteiger partial charge in [-0.3, -0.25) is 9.47 Å². The second-order valence-corrected chi connectivity index (χ2v) is 8.50. The third-order valence-electron chi connectivity index (χ3n) is 7.04. The lowest BCUT2D eigenvalue weighted by atomic mass is 9.99. The Hall–Kier alpha value is -3.05. The molecule has 152 valence electrons. The highest BCUT2D eigenvalue weighted by Crippen LogP contribution is 2.44. The molecule has 0 radical (unpaired) electrons. The third-order valence-corrected chi connectivity index (χ3v) is 7.04. The number of methoxy groups -OCH3 is 1. The average molecular weight is 399 g/mol. The zero-order valence-electron chi connectivity index (χ0n) is 17.1. The first-order chi connectivity index (χ1) is 14.7. The average Bonchev–Trinajstić information content (AvgIpc) is 3.33. The summed E-state index contributed by atoms with van der Waals surface area (Å²) in [6.07, 6.45) is 3.04. The lowest BCUT2D eigenvalue weighted by Gasteiger charge is -2.36. The molecule has 2 aliphatic rings. The molecule has 3 aromatic carbocycles. The van der Waals surface area contributed by atoms with Crippen LogP contribution in [-0.4, -0.2) is 34.7 Å². The SMILES string of the molecule is COc1ccc2c3c(cccc13)C(N1CCC(n3c(=O)[nH]c4ccccc43)CC1)C2. The number of aromatic nitrogens is 2. The number of fused-ring (bicyclic) bond motifs is 1. The number of H-pyrrole nitrogens is 1. The van der Waals surface area contributed by atoms with Gasteiger partial charge in [0.15, 0.2) is 0 Å². The highest BCUT2D eigenvalue weighted by atomic mass is 16.5. The van der Waals surface area contributed by atoms with Gasteiger partial charge in [0.25, 0.3) is 0 Å². The Morgan fingerprint density at radius 1 is 1.00 bits per heavy atom. The van der Waals surface area contributed by atoms with Gasteiger partial charge in [-0.1, -0.05) is 36.4 Å². The smallest absolute Gasteiger partial charge is 0.326 e. The fraction of sp³-hybridized carbons (Fsp3) is 0.320. The van der Waals surface area contributed by atoms with E-state index < -0.39 is 0 Å². The number of nitrogens with zero attached hydrogens (tertiary/aromatic N) is 2. The molecule has 30 heavy (non-hydrogen) atoms. The molecule has 4 aromatic rings. The molecule has 6 rings (SSSR count). The van der Waals surface area contributed by atoms with Gasteiger partial charge in [0.2, 0.25) is 0 Å². The van der Waals surface area contributed by atoms with Crippen LogP contribution in [0.5, 0.6) is 5.75 Å². The predicted octanol–water partition coefficient (Wildman–Crippen LogP) is 4.43. The number of hydrogen-bond acceptors (Lipinski definition) is 3. The van der Waals surface area contributed by atoms with E-state index in [0.717, 1.165) is 49.1 Å². The molecule has 1 atom stereocenters. The Labute approximate surface area is 174 Å². The molecule has 1 N–H and O–H groups in total. The summed E-state index contributed by atoms with van der Waals surface area (Å²) in [7, 11) is 1.74. The minimum absolute atomic E-state index is 0.0137. The van der Waals surface area contributed by atoms with Crippen molar-refractivity contribution in [3.63, 3.8) is 0 Å². The Kier molecular flexibility index (Phi) is 4.00. The summed E-state index contributed by atoms with van der Waals surface area (Å²) in [4.78, 5) is 18.2. The maximum Gasteiger partial charge on any atom is 0.326 e. The first-order valence-electron chi connectivity index (χ1n) is 10.8. The van der Waals surface area contributed by atoms with Crippen LogP contribution in [0, 0.1) is 0 Å². The Morgan fingerprint density at radius 2 is 1.83 bits per heavy atom. The van der Waals surface area contributed by atoms with Crippen LogP contribution in [0.1, 0.15) is 36.1 Å². The van der Waals surface area contributed by atoms with Crippen LogP contribution in [0.25, 0.3) is 21.8 Å². The third kappa shape index (κ3) is 2.55. The van der Waals surface area contributed by atoms with E-state index in [9.17, 15) is 4.79 Å². The number of imidazole rings is 1. The monoisotopic (exact) mass is 399 g/mol. The fourth-order valence-corrected chi connectivity index (χ4v) is 5.65. The number of aromatic amines is 1. The van der Waals surface area contributed by atoms with E-state index in [2.05, 4.69) is 40.2 Å². The summed E-state index contributed by atoms with van der Waals surface area (Å²) in [6.45, 7) is 2.01. The van der Waals surface area contributed by atoms with Crippen LogP contribution in [0.15, 0.2) is 59.4 Å². The predicted molar refractivity (Wildman–Crippen MR) is 119 cm³/mol. The van der Waals surface area contributed by atoms with E-state index in [1.165, 1.54) is 21.9 Å². The lowest BCUT2D eigenvalue weighted by Crippen LogP contribution is -2.39. The lowest BCUT2D eigenvalue weighted by molar-refractivity contribution is 0.137. The summed E-state index contributed by atoms with van der Waals surface area (Å²) in [5, 5.41) is 2.59. The molecule has 0 bridgehead atoms. The normalized spacial score (nSPS) is 19.7. The number of nitrogens with one attached hydrogen (secondary N) is 1. The molecule has 0 spiro atoms. The summed E-state index contributed by atoms with van der Waals surface area (Å²) < 4.78 is 7.57. The first-order valence-corrected chi connectivity index (χ1v) is 10.8. The largest absolute Gasteiger partial charge is 0.496 e. The maximum absolute atomic E-state index is 12.6. The number of likely N-dealkylation sites (tertiary alicyclic amines) is 1. The van der Waals surface area contributed by atoms with Gasteiger partial charge in [0.1, 0.15) is 5.75 Å². The second kappa shape index (κ2) is 6.74. The highest BCUT2D eigenvalue weighted by molar-refractivity contribution is 5.95. The number of piperidine rings is 1. The Balaban J connectivity index is 1.28. The van der Waals surface area contributed by atoms with Crippen molar-refractivity contribution in [3.05, 3.63) is 76.2 Å². The summed E-state index contributed by atoms with van der Waals surface area (Å²) in [6, 6.07) is 19.6. The molecule has 0 saturated carbocycles. The Bertz CT molecular complexity index is 1310. The number of para-hydroxylation sites is 2. The van der Waals surface area contributed by atoms with Gasteiger partial charge >= 0.3 is 5.69 Å². The number of hydrogen-bond donors (Lipinski definition) is 1. The van der Waals surface area contributed by atoms with E-state index in [0.29, 0.717) is 6.04 Å². The van der Waals surface area contributed by atoms with Gasteiger partial charge in [0.05, 0.1) is 18.1 Å². The van der Waals surface area contributed by atoms with Gasteiger partial charge in [-0.15, -0.1) is 0 Å². The minimum atomic E-state index is 0.0137. The van der Waals surface area contributed by atoms with Crippen molar-refractivity contribution in [2.75, 3.05) is 20.2 Å². The summed E-state index contributed by atoms with van der Waals surface area (Å²) in [5.74, 6) is 0.952. The number of ether oxygens (including phenoxy) is 1. The molecule has 1 aliphatic heterocycles. The topological polar surface area (TPSA) is 50.3 Å². The van der Waals surface area contributed by atoms with Crippen molar-refractivity contribution in [1.82, 2.24) is 14.5 Å². The van der Waals surface area contributed by atoms with Crippen molar-refractivity contribution >= 4 is 21.8 Å². The zero-order chi connectivity index (χ0) is 20.2. The van der Waals surface area contributed by atoms with Gasteiger partial charge < -0.3 is 9.72 Å². The van der Waals surface area contributed by atoms with Crippen LogP contribution in [0.4, 0.5) is 0 Å². The van der Waals surface area contributed by atoms with Crippen LogP contribution < -0.4 is 10.4 Å². The van der Waals surface area contributed by atoms with Gasteiger partial charge in [0, 0.05) is 30.6 Å². The van der Waals surface area contributed by atoms with E-state index in [1.807, 2.05) is 28.8 Å². The van der Waals surface area contributed by atoms with Crippen molar-refractivity contribution in [1.29, 1.82) is 0 Å². The molecular weight excluding hydrogens is 374 g/mol. The molecule has 5 heteroatoms. The zero-order valence-corrected chi connectivity index (χ0v) is 17.1. The molecule has 1 saturated heterocycles. The van der Waals surface area contributed by atoms with Crippen molar-refractivity contribution in [2.45, 2.75) is 31.3 Å². The van der Waals surface area contributed by atoms with E-state index in [1.54, 1.807) is 7.11 Å². The Morgan fingerprint density at radius 3 is 2.67 bits per heavy atom. The number of benzene rings is 3. The molecule has 5 nitrogen and oxygen atoms in total. The van der Waals surface area contributed by atoms with E-state index in [4.69, 9.17) is 4.74 Å². The highest BCUT2D eigenvalue weighted by Gasteiger charge is 2.33. The quantitative estimate of drug-likeness (QED) is 0.555. The van der Waals surface area contributed by atoms with Crippen LogP contribution >= 0.6 is 0 Å². The molecule has 0 amide bonds. The van der Waals surface area contributed by atoms with E-state index >= 15 is 0 Å². The van der Waals surface area contributed by atoms with Crippen molar-refractivity contribution in [2.24, 2.45) is 0 Å². The molecule has 1 unspecified atom stereocenters. The van der Waals surface area contributed by atoms with Crippen LogP contribution in [-0.2, 0) is 6.42 Å². The molecule has 1 fully saturated rings. The van der Waals surface area contributed by atoms with Crippen LogP contribution in [0.2, 0.25) is 0 Å². The minimum Gasteiger partial charge on any atom is -0.496 e. The van der Waals surface area contributed by atoms with Gasteiger partial charge in [-0.2, -0.15) is 0 Å². The molecule has 1 aromatic heterocycles. The van der Waals surface area contributed by atoms with E-state index in [-0.39, 0.29) is 11.7 Å². The second-order valence-electron chi connectivity index (χ2n) is 8.50. The van der Waals surface area contributed by atoms with Crippen LogP contribution in [0.3, 0.4) is 0 Å². The fourth-order valence-electron chi connectivity index (χ4n) is 5.65. The van der Waals surface area contributed by atoms with Gasteiger partial charge in [-0.25, -0.2) is 4.79 Å². The summed E-state index contributed by atoms with van der Waals surface area (Å²) in [5.41, 5.74) is 4.80. The molecular formula is C25H25N3O2. The first kappa shape index (κ1) is 17.8. The number of rotatable bonds is 3.